The van der Waals surface area contributed by atoms with E-state index in [4.69, 9.17) is 5.11 Å². The van der Waals surface area contributed by atoms with Crippen molar-refractivity contribution in [3.63, 3.8) is 0 Å². The molecule has 4 nitrogen and oxygen atoms in total. The number of fused-ring (bicyclic) bond motifs is 1. The first-order valence-electron chi connectivity index (χ1n) is 3.65. The van der Waals surface area contributed by atoms with E-state index in [2.05, 4.69) is 20.9 Å². The maximum atomic E-state index is 13.1. The van der Waals surface area contributed by atoms with Crippen molar-refractivity contribution in [1.82, 2.24) is 9.38 Å². The fourth-order valence-electron chi connectivity index (χ4n) is 1.14. The Kier molecular flexibility index (Phi) is 1.99. The number of imidazole rings is 1. The summed E-state index contributed by atoms with van der Waals surface area (Å²) in [5.74, 6) is -2.08. The number of hydrogen-bond acceptors (Lipinski definition) is 2. The quantitative estimate of drug-likeness (QED) is 0.851. The molecule has 0 amide bonds. The third-order valence-electron chi connectivity index (χ3n) is 1.75. The first kappa shape index (κ1) is 9.14. The van der Waals surface area contributed by atoms with Crippen LogP contribution in [-0.2, 0) is 0 Å². The lowest BCUT2D eigenvalue weighted by atomic mass is 10.2. The van der Waals surface area contributed by atoms with Crippen molar-refractivity contribution >= 4 is 27.5 Å². The lowest BCUT2D eigenvalue weighted by Gasteiger charge is -1.98. The van der Waals surface area contributed by atoms with Gasteiger partial charge in [-0.1, -0.05) is 0 Å². The number of rotatable bonds is 1. The van der Waals surface area contributed by atoms with Crippen molar-refractivity contribution in [3.8, 4) is 0 Å². The summed E-state index contributed by atoms with van der Waals surface area (Å²) >= 11 is 3.11. The fourth-order valence-corrected chi connectivity index (χ4v) is 1.54. The predicted molar refractivity (Wildman–Crippen MR) is 49.8 cm³/mol. The molecule has 6 heteroatoms. The molecule has 1 N–H and O–H groups in total. The van der Waals surface area contributed by atoms with Crippen LogP contribution in [0.5, 0.6) is 0 Å². The molecule has 0 bridgehead atoms. The zero-order valence-corrected chi connectivity index (χ0v) is 8.32. The predicted octanol–water partition coefficient (Wildman–Crippen LogP) is 1.93. The molecule has 0 aliphatic rings. The summed E-state index contributed by atoms with van der Waals surface area (Å²) in [4.78, 5) is 14.5. The highest BCUT2D eigenvalue weighted by Gasteiger charge is 2.12. The van der Waals surface area contributed by atoms with Crippen LogP contribution in [-0.4, -0.2) is 20.5 Å². The Morgan fingerprint density at radius 3 is 2.93 bits per heavy atom. The molecular weight excluding hydrogens is 255 g/mol. The Labute approximate surface area is 86.1 Å². The molecule has 2 rings (SSSR count). The van der Waals surface area contributed by atoms with Crippen LogP contribution in [0.15, 0.2) is 23.1 Å². The second-order valence-corrected chi connectivity index (χ2v) is 3.48. The molecule has 0 fully saturated rings. The van der Waals surface area contributed by atoms with E-state index in [1.165, 1.54) is 10.5 Å². The van der Waals surface area contributed by atoms with Gasteiger partial charge in [-0.25, -0.2) is 14.2 Å². The van der Waals surface area contributed by atoms with Gasteiger partial charge in [0.2, 0.25) is 0 Å². The first-order valence-corrected chi connectivity index (χ1v) is 4.44. The summed E-state index contributed by atoms with van der Waals surface area (Å²) in [6, 6.07) is 1.18. The lowest BCUT2D eigenvalue weighted by Crippen LogP contribution is -2.02. The van der Waals surface area contributed by atoms with Gasteiger partial charge in [0, 0.05) is 12.4 Å². The van der Waals surface area contributed by atoms with Crippen LogP contribution >= 0.6 is 15.9 Å². The molecule has 0 saturated heterocycles. The molecule has 0 radical (unpaired) electrons. The largest absolute Gasteiger partial charge is 0.478 e. The summed E-state index contributed by atoms with van der Waals surface area (Å²) in [6.07, 6.45) is 2.63. The zero-order chi connectivity index (χ0) is 10.3. The summed E-state index contributed by atoms with van der Waals surface area (Å²) in [7, 11) is 0. The number of carboxylic acid groups (broad SMARTS) is 1. The second-order valence-electron chi connectivity index (χ2n) is 2.67. The van der Waals surface area contributed by atoms with Crippen molar-refractivity contribution in [2.24, 2.45) is 0 Å². The molecule has 2 aromatic rings. The maximum absolute atomic E-state index is 13.1. The normalized spacial score (nSPS) is 10.7. The molecule has 0 aliphatic heterocycles. The highest BCUT2D eigenvalue weighted by Crippen LogP contribution is 2.15. The number of pyridine rings is 1. The Morgan fingerprint density at radius 1 is 1.57 bits per heavy atom. The molecule has 0 atom stereocenters. The van der Waals surface area contributed by atoms with Gasteiger partial charge in [0.1, 0.15) is 15.8 Å². The molecular formula is C8H4BrFN2O2. The van der Waals surface area contributed by atoms with Gasteiger partial charge < -0.3 is 9.51 Å². The minimum absolute atomic E-state index is 0.379. The van der Waals surface area contributed by atoms with Crippen LogP contribution in [0.1, 0.15) is 10.4 Å². The molecule has 0 aromatic carbocycles. The highest BCUT2D eigenvalue weighted by atomic mass is 79.9. The number of aromatic nitrogens is 2. The van der Waals surface area contributed by atoms with Gasteiger partial charge in [0.15, 0.2) is 5.82 Å². The van der Waals surface area contributed by atoms with E-state index in [0.717, 1.165) is 6.20 Å². The standard InChI is InChI=1S/C8H4BrFN2O2/c9-6-3-12-2-5(10)4(8(13)14)1-7(12)11-6/h1-3H,(H,13,14). The minimum Gasteiger partial charge on any atom is -0.478 e. The molecule has 72 valence electrons. The third-order valence-corrected chi connectivity index (χ3v) is 2.13. The van der Waals surface area contributed by atoms with Gasteiger partial charge in [-0.2, -0.15) is 0 Å². The summed E-state index contributed by atoms with van der Waals surface area (Å²) in [5, 5.41) is 8.64. The Morgan fingerprint density at radius 2 is 2.29 bits per heavy atom. The molecule has 2 heterocycles. The van der Waals surface area contributed by atoms with E-state index in [1.807, 2.05) is 0 Å². The summed E-state index contributed by atoms with van der Waals surface area (Å²) in [6.45, 7) is 0. The number of hydrogen-bond donors (Lipinski definition) is 1. The van der Waals surface area contributed by atoms with Gasteiger partial charge in [-0.15, -0.1) is 0 Å². The van der Waals surface area contributed by atoms with Crippen LogP contribution in [0.3, 0.4) is 0 Å². The van der Waals surface area contributed by atoms with Crippen LogP contribution in [0.25, 0.3) is 5.65 Å². The minimum atomic E-state index is -1.30. The van der Waals surface area contributed by atoms with Gasteiger partial charge >= 0.3 is 5.97 Å². The Balaban J connectivity index is 2.76. The number of nitrogens with zero attached hydrogens (tertiary/aromatic N) is 2. The zero-order valence-electron chi connectivity index (χ0n) is 6.74. The lowest BCUT2D eigenvalue weighted by molar-refractivity contribution is 0.0692. The SMILES string of the molecule is O=C(O)c1cc2nc(Br)cn2cc1F. The fraction of sp³-hybridized carbons (Fsp3) is 0. The molecule has 14 heavy (non-hydrogen) atoms. The molecule has 0 aliphatic carbocycles. The van der Waals surface area contributed by atoms with E-state index in [1.54, 1.807) is 6.20 Å². The van der Waals surface area contributed by atoms with Crippen molar-refractivity contribution in [3.05, 3.63) is 34.4 Å². The van der Waals surface area contributed by atoms with Crippen molar-refractivity contribution in [1.29, 1.82) is 0 Å². The van der Waals surface area contributed by atoms with Gasteiger partial charge in [0.05, 0.1) is 0 Å². The van der Waals surface area contributed by atoms with E-state index in [-0.39, 0.29) is 5.56 Å². The van der Waals surface area contributed by atoms with E-state index in [9.17, 15) is 9.18 Å². The number of aromatic carboxylic acids is 1. The maximum Gasteiger partial charge on any atom is 0.338 e. The van der Waals surface area contributed by atoms with E-state index >= 15 is 0 Å². The van der Waals surface area contributed by atoms with E-state index in [0.29, 0.717) is 10.3 Å². The topological polar surface area (TPSA) is 54.6 Å². The highest BCUT2D eigenvalue weighted by molar-refractivity contribution is 9.10. The van der Waals surface area contributed by atoms with Crippen molar-refractivity contribution in [2.75, 3.05) is 0 Å². The summed E-state index contributed by atoms with van der Waals surface area (Å²) in [5.41, 5.74) is 0.00581. The van der Waals surface area contributed by atoms with Crippen LogP contribution in [0.2, 0.25) is 0 Å². The molecule has 0 spiro atoms. The first-order chi connectivity index (χ1) is 6.58. The Bertz CT molecular complexity index is 523. The van der Waals surface area contributed by atoms with Crippen LogP contribution in [0, 0.1) is 5.82 Å². The average molecular weight is 259 g/mol. The van der Waals surface area contributed by atoms with Gasteiger partial charge in [-0.05, 0) is 22.0 Å². The number of carboxylic acids is 1. The van der Waals surface area contributed by atoms with Gasteiger partial charge in [0.25, 0.3) is 0 Å². The summed E-state index contributed by atoms with van der Waals surface area (Å²) < 4.78 is 15.1. The van der Waals surface area contributed by atoms with Crippen molar-refractivity contribution in [2.45, 2.75) is 0 Å². The number of carbonyl (C=O) groups is 1. The average Bonchev–Trinajstić information content (AvgIpc) is 2.42. The van der Waals surface area contributed by atoms with Crippen molar-refractivity contribution < 1.29 is 14.3 Å². The van der Waals surface area contributed by atoms with Crippen LogP contribution < -0.4 is 0 Å². The smallest absolute Gasteiger partial charge is 0.338 e. The van der Waals surface area contributed by atoms with Gasteiger partial charge in [-0.3, -0.25) is 0 Å². The second kappa shape index (κ2) is 3.06. The van der Waals surface area contributed by atoms with E-state index < -0.39 is 11.8 Å². The third kappa shape index (κ3) is 1.37. The molecule has 0 unspecified atom stereocenters. The molecule has 0 saturated carbocycles. The van der Waals surface area contributed by atoms with Crippen LogP contribution in [0.4, 0.5) is 4.39 Å². The monoisotopic (exact) mass is 258 g/mol. The number of halogens is 2. The molecule has 2 aromatic heterocycles. The Hall–Kier alpha value is -1.43.